The summed E-state index contributed by atoms with van der Waals surface area (Å²) >= 11 is 7.48. The summed E-state index contributed by atoms with van der Waals surface area (Å²) in [7, 11) is 0. The highest BCUT2D eigenvalue weighted by Gasteiger charge is 2.30. The smallest absolute Gasteiger partial charge is 0.166 e. The normalized spacial score (nSPS) is 16.8. The summed E-state index contributed by atoms with van der Waals surface area (Å²) in [5, 5.41) is 9.89. The Morgan fingerprint density at radius 1 is 0.909 bits per heavy atom. The van der Waals surface area contributed by atoms with Crippen molar-refractivity contribution in [3.63, 3.8) is 0 Å². The van der Waals surface area contributed by atoms with E-state index in [2.05, 4.69) is 106 Å². The van der Waals surface area contributed by atoms with Crippen LogP contribution in [0.4, 0.5) is 0 Å². The first-order chi connectivity index (χ1) is 16.2. The monoisotopic (exact) mass is 478 g/mol. The van der Waals surface area contributed by atoms with E-state index in [9.17, 15) is 0 Å². The summed E-state index contributed by atoms with van der Waals surface area (Å²) < 4.78 is 0. The average Bonchev–Trinajstić information content (AvgIpc) is 3.36. The Morgan fingerprint density at radius 2 is 1.58 bits per heavy atom. The van der Waals surface area contributed by atoms with Crippen LogP contribution in [0.3, 0.4) is 0 Å². The predicted octanol–water partition coefficient (Wildman–Crippen LogP) is 4.70. The van der Waals surface area contributed by atoms with Crippen molar-refractivity contribution in [1.29, 1.82) is 0 Å². The van der Waals surface area contributed by atoms with E-state index in [4.69, 9.17) is 12.2 Å². The highest BCUT2D eigenvalue weighted by atomic mass is 32.1. The van der Waals surface area contributed by atoms with E-state index in [1.54, 1.807) is 0 Å². The molecule has 4 rings (SSSR count). The highest BCUT2D eigenvalue weighted by molar-refractivity contribution is 7.80. The van der Waals surface area contributed by atoms with Crippen molar-refractivity contribution < 1.29 is 0 Å². The quantitative estimate of drug-likeness (QED) is 0.435. The fourth-order valence-electron chi connectivity index (χ4n) is 4.55. The van der Waals surface area contributed by atoms with Crippen LogP contribution in [-0.2, 0) is 13.0 Å². The summed E-state index contributed by atoms with van der Waals surface area (Å²) in [4.78, 5) is 6.58. The molecule has 1 aromatic heterocycles. The SMILES string of the molecule is C[C@@H](NC(=S)NCCc1ccccc1)[C@H](c1cccs1)N1CCN(Cc2ccccc2)CC1. The summed E-state index contributed by atoms with van der Waals surface area (Å²) in [6.45, 7) is 8.43. The molecule has 0 saturated carbocycles. The summed E-state index contributed by atoms with van der Waals surface area (Å²) in [5.41, 5.74) is 2.72. The zero-order valence-corrected chi connectivity index (χ0v) is 21.0. The molecule has 0 aliphatic carbocycles. The van der Waals surface area contributed by atoms with Gasteiger partial charge in [0.05, 0.1) is 6.04 Å². The Hall–Kier alpha value is -2.25. The topological polar surface area (TPSA) is 30.5 Å². The largest absolute Gasteiger partial charge is 0.362 e. The van der Waals surface area contributed by atoms with Gasteiger partial charge in [-0.2, -0.15) is 0 Å². The molecule has 3 aromatic rings. The Bertz CT molecular complexity index is 954. The number of nitrogens with one attached hydrogen (secondary N) is 2. The van der Waals surface area contributed by atoms with Crippen LogP contribution < -0.4 is 10.6 Å². The van der Waals surface area contributed by atoms with Gasteiger partial charge < -0.3 is 10.6 Å². The van der Waals surface area contributed by atoms with Crippen molar-refractivity contribution in [3.05, 3.63) is 94.2 Å². The molecule has 1 aliphatic heterocycles. The predicted molar refractivity (Wildman–Crippen MR) is 144 cm³/mol. The van der Waals surface area contributed by atoms with E-state index in [0.717, 1.165) is 50.8 Å². The van der Waals surface area contributed by atoms with Crippen molar-refractivity contribution in [2.75, 3.05) is 32.7 Å². The van der Waals surface area contributed by atoms with Gasteiger partial charge in [0.15, 0.2) is 5.11 Å². The van der Waals surface area contributed by atoms with Gasteiger partial charge in [0.2, 0.25) is 0 Å². The molecular formula is C27H34N4S2. The Labute approximate surface area is 207 Å². The van der Waals surface area contributed by atoms with Gasteiger partial charge in [-0.3, -0.25) is 9.80 Å². The molecule has 0 bridgehead atoms. The number of nitrogens with zero attached hydrogens (tertiary/aromatic N) is 2. The third-order valence-corrected chi connectivity index (χ3v) is 7.46. The minimum Gasteiger partial charge on any atom is -0.362 e. The summed E-state index contributed by atoms with van der Waals surface area (Å²) in [6, 6.07) is 26.3. The Kier molecular flexibility index (Phi) is 8.89. The van der Waals surface area contributed by atoms with Crippen LogP contribution in [0.2, 0.25) is 0 Å². The average molecular weight is 479 g/mol. The molecule has 174 valence electrons. The third-order valence-electron chi connectivity index (χ3n) is 6.26. The maximum Gasteiger partial charge on any atom is 0.166 e. The molecule has 1 aliphatic rings. The number of thiocarbonyl (C=S) groups is 1. The number of hydrogen-bond acceptors (Lipinski definition) is 4. The molecule has 2 N–H and O–H groups in total. The number of piperazine rings is 1. The summed E-state index contributed by atoms with van der Waals surface area (Å²) in [5.74, 6) is 0. The molecule has 0 spiro atoms. The van der Waals surface area contributed by atoms with Crippen LogP contribution in [0.1, 0.15) is 29.0 Å². The molecule has 2 heterocycles. The van der Waals surface area contributed by atoms with Gasteiger partial charge in [0, 0.05) is 50.2 Å². The maximum atomic E-state index is 5.64. The van der Waals surface area contributed by atoms with Crippen molar-refractivity contribution >= 4 is 28.7 Å². The molecule has 0 unspecified atom stereocenters. The zero-order valence-electron chi connectivity index (χ0n) is 19.3. The molecule has 0 amide bonds. The third kappa shape index (κ3) is 7.11. The van der Waals surface area contributed by atoms with Gasteiger partial charge in [0.1, 0.15) is 0 Å². The lowest BCUT2D eigenvalue weighted by atomic mass is 10.0. The minimum atomic E-state index is 0.223. The van der Waals surface area contributed by atoms with Crippen molar-refractivity contribution in [2.24, 2.45) is 0 Å². The fraction of sp³-hybridized carbons (Fsp3) is 0.370. The van der Waals surface area contributed by atoms with Crippen LogP contribution in [-0.4, -0.2) is 53.7 Å². The lowest BCUT2D eigenvalue weighted by molar-refractivity contribution is 0.0814. The van der Waals surface area contributed by atoms with Crippen LogP contribution >= 0.6 is 23.6 Å². The number of benzene rings is 2. The van der Waals surface area contributed by atoms with E-state index < -0.39 is 0 Å². The van der Waals surface area contributed by atoms with E-state index in [-0.39, 0.29) is 6.04 Å². The van der Waals surface area contributed by atoms with Crippen LogP contribution in [0.5, 0.6) is 0 Å². The Morgan fingerprint density at radius 3 is 2.21 bits per heavy atom. The van der Waals surface area contributed by atoms with Gasteiger partial charge in [-0.15, -0.1) is 11.3 Å². The number of hydrogen-bond donors (Lipinski definition) is 2. The first kappa shape index (κ1) is 23.9. The number of rotatable bonds is 9. The van der Waals surface area contributed by atoms with Crippen molar-refractivity contribution in [1.82, 2.24) is 20.4 Å². The Balaban J connectivity index is 1.30. The minimum absolute atomic E-state index is 0.223. The van der Waals surface area contributed by atoms with Crippen LogP contribution in [0.15, 0.2) is 78.2 Å². The summed E-state index contributed by atoms with van der Waals surface area (Å²) in [6.07, 6.45) is 0.967. The maximum absolute atomic E-state index is 5.64. The van der Waals surface area contributed by atoms with Gasteiger partial charge >= 0.3 is 0 Å². The molecule has 1 saturated heterocycles. The van der Waals surface area contributed by atoms with E-state index in [1.165, 1.54) is 16.0 Å². The number of thiophene rings is 1. The molecule has 4 nitrogen and oxygen atoms in total. The van der Waals surface area contributed by atoms with Crippen LogP contribution in [0.25, 0.3) is 0 Å². The molecular weight excluding hydrogens is 444 g/mol. The molecule has 0 radical (unpaired) electrons. The molecule has 33 heavy (non-hydrogen) atoms. The second-order valence-corrected chi connectivity index (χ2v) is 10.1. The highest BCUT2D eigenvalue weighted by Crippen LogP contribution is 2.29. The van der Waals surface area contributed by atoms with Crippen molar-refractivity contribution in [2.45, 2.75) is 32.0 Å². The van der Waals surface area contributed by atoms with E-state index in [1.807, 2.05) is 11.3 Å². The first-order valence-corrected chi connectivity index (χ1v) is 13.1. The lowest BCUT2D eigenvalue weighted by Crippen LogP contribution is -2.53. The van der Waals surface area contributed by atoms with Crippen molar-refractivity contribution in [3.8, 4) is 0 Å². The lowest BCUT2D eigenvalue weighted by Gasteiger charge is -2.41. The van der Waals surface area contributed by atoms with Crippen LogP contribution in [0, 0.1) is 0 Å². The van der Waals surface area contributed by atoms with Gasteiger partial charge in [-0.1, -0.05) is 66.7 Å². The van der Waals surface area contributed by atoms with E-state index in [0.29, 0.717) is 6.04 Å². The standard InChI is InChI=1S/C27H34N4S2/c1-22(29-27(32)28-15-14-23-9-4-2-5-10-23)26(25-13-8-20-33-25)31-18-16-30(17-19-31)21-24-11-6-3-7-12-24/h2-13,20,22,26H,14-19,21H2,1H3,(H2,28,29,32)/t22-,26-/m1/s1. The molecule has 2 aromatic carbocycles. The zero-order chi connectivity index (χ0) is 22.9. The molecule has 6 heteroatoms. The van der Waals surface area contributed by atoms with Gasteiger partial charge in [-0.05, 0) is 48.1 Å². The molecule has 2 atom stereocenters. The second-order valence-electron chi connectivity index (χ2n) is 8.68. The van der Waals surface area contributed by atoms with E-state index >= 15 is 0 Å². The second kappa shape index (κ2) is 12.3. The van der Waals surface area contributed by atoms with Gasteiger partial charge in [0.25, 0.3) is 0 Å². The fourth-order valence-corrected chi connectivity index (χ4v) is 5.80. The van der Waals surface area contributed by atoms with Gasteiger partial charge in [-0.25, -0.2) is 0 Å². The first-order valence-electron chi connectivity index (χ1n) is 11.8. The molecule has 1 fully saturated rings.